The van der Waals surface area contributed by atoms with Gasteiger partial charge >= 0.3 is 0 Å². The molecule has 0 aliphatic carbocycles. The third kappa shape index (κ3) is 19.8. The van der Waals surface area contributed by atoms with Crippen molar-refractivity contribution in [3.05, 3.63) is 94.3 Å². The molecule has 0 bridgehead atoms. The number of nitrogens with one attached hydrogen (secondary N) is 2. The minimum absolute atomic E-state index is 0.0206. The van der Waals surface area contributed by atoms with Crippen molar-refractivity contribution in [1.29, 1.82) is 0 Å². The molecule has 3 N–H and O–H groups in total. The van der Waals surface area contributed by atoms with E-state index in [-0.39, 0.29) is 60.6 Å². The number of sulfone groups is 1. The maximum absolute atomic E-state index is 13.9. The molecule has 0 radical (unpaired) electrons. The van der Waals surface area contributed by atoms with Crippen LogP contribution in [0.4, 0.5) is 0 Å². The molecule has 3 heterocycles. The number of aliphatic hydroxyl groups is 1. The van der Waals surface area contributed by atoms with Gasteiger partial charge in [-0.3, -0.25) is 14.4 Å². The lowest BCUT2D eigenvalue weighted by Crippen LogP contribution is -2.58. The molecule has 21 nitrogen and oxygen atoms in total. The zero-order valence-electron chi connectivity index (χ0n) is 50.5. The lowest BCUT2D eigenvalue weighted by atomic mass is 9.85. The fourth-order valence-corrected chi connectivity index (χ4v) is 11.4. The Bertz CT molecular complexity index is 2980. The van der Waals surface area contributed by atoms with Crippen molar-refractivity contribution in [2.75, 3.05) is 99.5 Å². The van der Waals surface area contributed by atoms with Crippen LogP contribution in [0.5, 0.6) is 11.5 Å². The molecule has 1 aliphatic rings. The van der Waals surface area contributed by atoms with E-state index in [1.165, 1.54) is 9.58 Å². The van der Waals surface area contributed by atoms with Gasteiger partial charge < -0.3 is 58.5 Å². The molecule has 0 unspecified atom stereocenters. The van der Waals surface area contributed by atoms with Crippen LogP contribution in [0.15, 0.2) is 76.1 Å². The lowest BCUT2D eigenvalue weighted by molar-refractivity contribution is -0.144. The van der Waals surface area contributed by atoms with Crippen molar-refractivity contribution in [3.63, 3.8) is 0 Å². The number of aryl methyl sites for hydroxylation is 2. The van der Waals surface area contributed by atoms with Gasteiger partial charge in [0.05, 0.1) is 113 Å². The highest BCUT2D eigenvalue weighted by atomic mass is 32.2. The van der Waals surface area contributed by atoms with Crippen LogP contribution in [-0.2, 0) is 64.6 Å². The van der Waals surface area contributed by atoms with Crippen LogP contribution < -0.4 is 20.1 Å². The van der Waals surface area contributed by atoms with E-state index in [0.717, 1.165) is 58.5 Å². The highest BCUT2D eigenvalue weighted by Gasteiger charge is 2.44. The minimum atomic E-state index is -3.91. The van der Waals surface area contributed by atoms with Crippen LogP contribution in [0.25, 0.3) is 16.1 Å². The van der Waals surface area contributed by atoms with Gasteiger partial charge in [0.25, 0.3) is 0 Å². The van der Waals surface area contributed by atoms with Gasteiger partial charge in [0, 0.05) is 32.2 Å². The van der Waals surface area contributed by atoms with Gasteiger partial charge in [-0.15, -0.1) is 16.4 Å². The second kappa shape index (κ2) is 32.6. The number of ether oxygens (including phenoxy) is 8. The van der Waals surface area contributed by atoms with Crippen LogP contribution >= 0.6 is 11.3 Å². The van der Waals surface area contributed by atoms with Crippen LogP contribution in [0.3, 0.4) is 0 Å². The van der Waals surface area contributed by atoms with E-state index in [4.69, 9.17) is 37.9 Å². The number of β-amino-alcohol motifs (C(OH)–C–C–N with tert-alkyl or cyclic N) is 1. The Morgan fingerprint density at radius 1 is 0.750 bits per heavy atom. The third-order valence-electron chi connectivity index (χ3n) is 14.1. The van der Waals surface area contributed by atoms with Crippen LogP contribution in [0.2, 0.25) is 0 Å². The summed E-state index contributed by atoms with van der Waals surface area (Å²) in [4.78, 5) is 47.3. The molecule has 462 valence electrons. The summed E-state index contributed by atoms with van der Waals surface area (Å²) in [7, 11) is -2.36. The number of methoxy groups -OCH3 is 1. The fraction of sp³-hybridized carbons (Fsp3) is 0.574. The Labute approximate surface area is 499 Å². The number of nitrogens with zero attached hydrogens (tertiary/aromatic N) is 5. The van der Waals surface area contributed by atoms with E-state index in [2.05, 4.69) is 46.7 Å². The summed E-state index contributed by atoms with van der Waals surface area (Å²) in [6.45, 7) is 22.1. The molecule has 5 aromatic rings. The van der Waals surface area contributed by atoms with Crippen molar-refractivity contribution in [1.82, 2.24) is 35.5 Å². The second-order valence-electron chi connectivity index (χ2n) is 22.8. The number of amides is 3. The molecule has 1 fully saturated rings. The summed E-state index contributed by atoms with van der Waals surface area (Å²) < 4.78 is 74.1. The first kappa shape index (κ1) is 67.2. The zero-order valence-corrected chi connectivity index (χ0v) is 52.2. The number of hydrogen-bond donors (Lipinski definition) is 3. The highest BCUT2D eigenvalue weighted by Crippen LogP contribution is 2.35. The van der Waals surface area contributed by atoms with E-state index in [1.807, 2.05) is 82.6 Å². The van der Waals surface area contributed by atoms with E-state index in [0.29, 0.717) is 88.9 Å². The molecule has 1 saturated heterocycles. The molecular formula is C61H87N7O14S2. The van der Waals surface area contributed by atoms with Gasteiger partial charge in [-0.25, -0.2) is 18.1 Å². The Hall–Kier alpha value is -5.89. The summed E-state index contributed by atoms with van der Waals surface area (Å²) in [5, 5.41) is 24.5. The number of aliphatic hydroxyl groups excluding tert-OH is 1. The van der Waals surface area contributed by atoms with E-state index >= 15 is 0 Å². The molecule has 2 aromatic heterocycles. The first-order valence-corrected chi connectivity index (χ1v) is 31.1. The van der Waals surface area contributed by atoms with Crippen LogP contribution in [-0.4, -0.2) is 174 Å². The first-order chi connectivity index (χ1) is 40.1. The quantitative estimate of drug-likeness (QED) is 0.0337. The lowest BCUT2D eigenvalue weighted by Gasteiger charge is -2.35. The number of unbranched alkanes of at least 4 members (excludes halogenated alkanes) is 3. The number of carbonyl (C=O) groups excluding carboxylic acids is 3. The number of aromatic nitrogens is 4. The number of carbonyl (C=O) groups is 3. The van der Waals surface area contributed by atoms with Crippen LogP contribution in [0, 0.1) is 26.2 Å². The highest BCUT2D eigenvalue weighted by molar-refractivity contribution is 7.91. The number of rotatable bonds is 35. The largest absolute Gasteiger partial charge is 0.494 e. The summed E-state index contributed by atoms with van der Waals surface area (Å²) >= 11 is 1.57. The average molecular weight is 1210 g/mol. The number of hydrogen-bond acceptors (Lipinski definition) is 18. The third-order valence-corrected chi connectivity index (χ3v) is 16.8. The SMILES string of the molecule is COc1cc(OCCCCCCOCCOCCOCCOCCOCCOCC(=O)N[C@H](C(=O)N2C[C@H](O)C[C@H]2C(=O)NCc2ccc(-c3scnc3C)cc2)C(C)(C)C)c(C)cc1-n1nnc(S(=O)(=O)c2ccc(C(C)(C)C)cc2)c1C. The molecule has 84 heavy (non-hydrogen) atoms. The molecule has 0 saturated carbocycles. The Morgan fingerprint density at radius 2 is 1.33 bits per heavy atom. The monoisotopic (exact) mass is 1210 g/mol. The number of likely N-dealkylation sites (tertiary alicyclic amines) is 1. The molecule has 0 spiro atoms. The molecule has 6 rings (SSSR count). The maximum atomic E-state index is 13.9. The predicted molar refractivity (Wildman–Crippen MR) is 319 cm³/mol. The van der Waals surface area contributed by atoms with Crippen molar-refractivity contribution >= 4 is 38.9 Å². The predicted octanol–water partition coefficient (Wildman–Crippen LogP) is 7.30. The summed E-state index contributed by atoms with van der Waals surface area (Å²) in [5.41, 5.74) is 6.71. The van der Waals surface area contributed by atoms with E-state index in [9.17, 15) is 27.9 Å². The van der Waals surface area contributed by atoms with Crippen LogP contribution in [0.1, 0.15) is 102 Å². The topological polar surface area (TPSA) is 250 Å². The van der Waals surface area contributed by atoms with Crippen molar-refractivity contribution in [2.45, 2.75) is 134 Å². The smallest absolute Gasteiger partial charge is 0.246 e. The first-order valence-electron chi connectivity index (χ1n) is 28.7. The summed E-state index contributed by atoms with van der Waals surface area (Å²) in [6, 6.07) is 16.6. The fourth-order valence-electron chi connectivity index (χ4n) is 9.27. The maximum Gasteiger partial charge on any atom is 0.246 e. The van der Waals surface area contributed by atoms with Gasteiger partial charge in [0.1, 0.15) is 35.9 Å². The summed E-state index contributed by atoms with van der Waals surface area (Å²) in [6.07, 6.45) is 2.98. The molecule has 3 atom stereocenters. The molecular weight excluding hydrogens is 1120 g/mol. The standard InChI is InChI=1S/C61H87N7O14S2/c1-42-35-50(68-44(3)58(65-66-68)84(73,74)49-21-19-47(20-22-49)60(4,5)6)53(75-10)37-52(42)82-24-14-12-11-13-23-76-25-26-77-27-28-78-29-30-79-31-32-80-33-34-81-40-54(70)64-56(61(7,8)9)59(72)67-39-48(69)36-51(67)57(71)62-38-45-15-17-46(18-16-45)55-43(2)63-41-83-55/h15-22,35,37,41,48,51,56,69H,11-14,23-34,36,38-40H2,1-10H3,(H,62,71)(H,64,70)/t48-,51+,56-/m1/s1. The van der Waals surface area contributed by atoms with Gasteiger partial charge in [-0.05, 0) is 91.3 Å². The van der Waals surface area contributed by atoms with Gasteiger partial charge in [0.15, 0.2) is 0 Å². The summed E-state index contributed by atoms with van der Waals surface area (Å²) in [5.74, 6) is -0.155. The van der Waals surface area contributed by atoms with Crippen molar-refractivity contribution in [3.8, 4) is 27.6 Å². The Balaban J connectivity index is 0.731. The second-order valence-corrected chi connectivity index (χ2v) is 25.5. The van der Waals surface area contributed by atoms with Gasteiger partial charge in [-0.2, -0.15) is 0 Å². The molecule has 3 aromatic carbocycles. The van der Waals surface area contributed by atoms with E-state index in [1.54, 1.807) is 43.6 Å². The normalized spacial score (nSPS) is 15.1. The Kier molecular flexibility index (Phi) is 26.1. The average Bonchev–Trinajstić information content (AvgIpc) is 2.83. The van der Waals surface area contributed by atoms with Gasteiger partial charge in [-0.1, -0.05) is 89.6 Å². The van der Waals surface area contributed by atoms with Crippen molar-refractivity contribution in [2.24, 2.45) is 5.41 Å². The van der Waals surface area contributed by atoms with E-state index < -0.39 is 45.3 Å². The van der Waals surface area contributed by atoms with Crippen molar-refractivity contribution < 1.29 is 65.8 Å². The minimum Gasteiger partial charge on any atom is -0.494 e. The van der Waals surface area contributed by atoms with Gasteiger partial charge in [0.2, 0.25) is 32.6 Å². The molecule has 3 amide bonds. The Morgan fingerprint density at radius 3 is 1.89 bits per heavy atom. The molecule has 23 heteroatoms. The number of thiazole rings is 1. The zero-order chi connectivity index (χ0) is 60.9. The molecule has 1 aliphatic heterocycles. The number of benzene rings is 3.